The normalized spacial score (nSPS) is 14.4. The summed E-state index contributed by atoms with van der Waals surface area (Å²) >= 11 is 0. The number of carbonyl (C=O) groups excluding carboxylic acids is 1. The van der Waals surface area contributed by atoms with Crippen LogP contribution in [0.5, 0.6) is 17.2 Å². The molecule has 0 unspecified atom stereocenters. The summed E-state index contributed by atoms with van der Waals surface area (Å²) in [7, 11) is 0. The van der Waals surface area contributed by atoms with Crippen LogP contribution < -0.4 is 19.5 Å². The average Bonchev–Trinajstić information content (AvgIpc) is 2.79. The largest absolute Gasteiger partial charge is 0.586 e. The van der Waals surface area contributed by atoms with Gasteiger partial charge < -0.3 is 19.5 Å². The molecule has 2 aromatic carbocycles. The number of aryl methyl sites for hydroxylation is 1. The second-order valence-corrected chi connectivity index (χ2v) is 4.93. The van der Waals surface area contributed by atoms with Gasteiger partial charge in [-0.25, -0.2) is 0 Å². The van der Waals surface area contributed by atoms with Crippen LogP contribution in [0.25, 0.3) is 0 Å². The number of hydrogen-bond donors (Lipinski definition) is 1. The van der Waals surface area contributed by atoms with E-state index in [0.717, 1.165) is 5.56 Å². The molecule has 0 atom stereocenters. The van der Waals surface area contributed by atoms with Gasteiger partial charge in [-0.1, -0.05) is 18.2 Å². The number of anilines is 1. The third-order valence-corrected chi connectivity index (χ3v) is 3.14. The zero-order valence-corrected chi connectivity index (χ0v) is 12.1. The Balaban J connectivity index is 1.60. The molecule has 1 heterocycles. The Morgan fingerprint density at radius 2 is 1.91 bits per heavy atom. The molecule has 1 N–H and O–H groups in total. The van der Waals surface area contributed by atoms with Crippen LogP contribution in [0, 0.1) is 6.92 Å². The maximum Gasteiger partial charge on any atom is 0.586 e. The Bertz CT molecular complexity index is 749. The number of halogens is 2. The predicted octanol–water partition coefficient (Wildman–Crippen LogP) is 3.33. The number of benzene rings is 2. The molecule has 1 aliphatic heterocycles. The second-order valence-electron chi connectivity index (χ2n) is 4.93. The topological polar surface area (TPSA) is 56.8 Å². The summed E-state index contributed by atoms with van der Waals surface area (Å²) in [6.45, 7) is 1.67. The van der Waals surface area contributed by atoms with Gasteiger partial charge in [0.2, 0.25) is 0 Å². The number of para-hydroxylation sites is 1. The molecule has 0 saturated carbocycles. The van der Waals surface area contributed by atoms with Gasteiger partial charge in [0.1, 0.15) is 5.75 Å². The number of rotatable bonds is 4. The van der Waals surface area contributed by atoms with Crippen molar-refractivity contribution in [1.29, 1.82) is 0 Å². The van der Waals surface area contributed by atoms with E-state index in [0.29, 0.717) is 11.4 Å². The van der Waals surface area contributed by atoms with E-state index in [-0.39, 0.29) is 18.1 Å². The first-order valence-electron chi connectivity index (χ1n) is 6.81. The fourth-order valence-corrected chi connectivity index (χ4v) is 2.09. The van der Waals surface area contributed by atoms with E-state index in [4.69, 9.17) is 4.74 Å². The molecule has 2 aromatic rings. The van der Waals surface area contributed by atoms with E-state index in [1.54, 1.807) is 12.1 Å². The van der Waals surface area contributed by atoms with Crippen molar-refractivity contribution in [3.05, 3.63) is 48.0 Å². The summed E-state index contributed by atoms with van der Waals surface area (Å²) in [5.41, 5.74) is 1.22. The Labute approximate surface area is 130 Å². The van der Waals surface area contributed by atoms with E-state index in [2.05, 4.69) is 14.8 Å². The summed E-state index contributed by atoms with van der Waals surface area (Å²) in [6.07, 6.45) is -3.68. The van der Waals surface area contributed by atoms with Crippen LogP contribution in [-0.4, -0.2) is 18.8 Å². The molecule has 1 amide bonds. The van der Waals surface area contributed by atoms with Gasteiger partial charge in [-0.3, -0.25) is 4.79 Å². The first-order valence-corrected chi connectivity index (χ1v) is 6.81. The van der Waals surface area contributed by atoms with Crippen molar-refractivity contribution in [2.24, 2.45) is 0 Å². The minimum absolute atomic E-state index is 0.0795. The summed E-state index contributed by atoms with van der Waals surface area (Å²) in [4.78, 5) is 11.9. The second kappa shape index (κ2) is 5.75. The molecule has 0 bridgehead atoms. The fourth-order valence-electron chi connectivity index (χ4n) is 2.09. The van der Waals surface area contributed by atoms with Crippen molar-refractivity contribution < 1.29 is 27.8 Å². The molecule has 7 heteroatoms. The molecule has 0 spiro atoms. The predicted molar refractivity (Wildman–Crippen MR) is 77.9 cm³/mol. The average molecular weight is 321 g/mol. The van der Waals surface area contributed by atoms with Gasteiger partial charge in [0.05, 0.1) is 0 Å². The van der Waals surface area contributed by atoms with Crippen molar-refractivity contribution in [1.82, 2.24) is 0 Å². The third kappa shape index (κ3) is 3.50. The molecule has 0 fully saturated rings. The molecule has 0 saturated heterocycles. The van der Waals surface area contributed by atoms with Gasteiger partial charge in [0, 0.05) is 11.8 Å². The molecule has 0 radical (unpaired) electrons. The van der Waals surface area contributed by atoms with Crippen LogP contribution in [0.3, 0.4) is 0 Å². The van der Waals surface area contributed by atoms with Crippen molar-refractivity contribution in [3.8, 4) is 17.2 Å². The van der Waals surface area contributed by atoms with Gasteiger partial charge in [-0.2, -0.15) is 0 Å². The van der Waals surface area contributed by atoms with Gasteiger partial charge in [-0.15, -0.1) is 8.78 Å². The highest BCUT2D eigenvalue weighted by atomic mass is 19.3. The lowest BCUT2D eigenvalue weighted by molar-refractivity contribution is -0.286. The quantitative estimate of drug-likeness (QED) is 0.938. The molecule has 23 heavy (non-hydrogen) atoms. The van der Waals surface area contributed by atoms with E-state index in [1.807, 2.05) is 19.1 Å². The molecule has 1 aliphatic rings. The zero-order valence-electron chi connectivity index (χ0n) is 12.1. The van der Waals surface area contributed by atoms with Gasteiger partial charge in [-0.05, 0) is 30.7 Å². The highest BCUT2D eigenvalue weighted by Crippen LogP contribution is 2.42. The van der Waals surface area contributed by atoms with Crippen molar-refractivity contribution >= 4 is 11.6 Å². The minimum Gasteiger partial charge on any atom is -0.483 e. The number of ether oxygens (including phenoxy) is 3. The Morgan fingerprint density at radius 1 is 1.17 bits per heavy atom. The van der Waals surface area contributed by atoms with Crippen molar-refractivity contribution in [2.75, 3.05) is 11.9 Å². The SMILES string of the molecule is Cc1ccccc1OCC(=O)Nc1ccc2c(c1)OC(F)(F)O2. The first kappa shape index (κ1) is 15.1. The minimum atomic E-state index is -3.68. The first-order chi connectivity index (χ1) is 10.9. The van der Waals surface area contributed by atoms with Crippen LogP contribution in [0.15, 0.2) is 42.5 Å². The van der Waals surface area contributed by atoms with Gasteiger partial charge >= 0.3 is 6.29 Å². The maximum atomic E-state index is 12.9. The van der Waals surface area contributed by atoms with Crippen LogP contribution in [0.2, 0.25) is 0 Å². The molecule has 0 aromatic heterocycles. The lowest BCUT2D eigenvalue weighted by Crippen LogP contribution is -2.25. The van der Waals surface area contributed by atoms with E-state index >= 15 is 0 Å². The number of fused-ring (bicyclic) bond motifs is 1. The Hall–Kier alpha value is -2.83. The zero-order chi connectivity index (χ0) is 16.4. The molecule has 0 aliphatic carbocycles. The number of hydrogen-bond acceptors (Lipinski definition) is 4. The van der Waals surface area contributed by atoms with Crippen molar-refractivity contribution in [3.63, 3.8) is 0 Å². The molecular weight excluding hydrogens is 308 g/mol. The van der Waals surface area contributed by atoms with Crippen LogP contribution in [0.1, 0.15) is 5.56 Å². The van der Waals surface area contributed by atoms with Crippen LogP contribution in [0.4, 0.5) is 14.5 Å². The van der Waals surface area contributed by atoms with E-state index in [1.165, 1.54) is 18.2 Å². The fraction of sp³-hybridized carbons (Fsp3) is 0.188. The summed E-state index contributed by atoms with van der Waals surface area (Å²) in [5, 5.41) is 2.54. The van der Waals surface area contributed by atoms with E-state index in [9.17, 15) is 13.6 Å². The van der Waals surface area contributed by atoms with Crippen LogP contribution in [-0.2, 0) is 4.79 Å². The Morgan fingerprint density at radius 3 is 2.70 bits per heavy atom. The molecular formula is C16H13F2NO4. The number of carbonyl (C=O) groups is 1. The van der Waals surface area contributed by atoms with Crippen molar-refractivity contribution in [2.45, 2.75) is 13.2 Å². The standard InChI is InChI=1S/C16H13F2NO4/c1-10-4-2-3-5-12(10)21-9-15(20)19-11-6-7-13-14(8-11)23-16(17,18)22-13/h2-8H,9H2,1H3,(H,19,20). The summed E-state index contributed by atoms with van der Waals surface area (Å²) in [6, 6.07) is 11.3. The third-order valence-electron chi connectivity index (χ3n) is 3.14. The summed E-state index contributed by atoms with van der Waals surface area (Å²) in [5.74, 6) is -0.0244. The molecule has 120 valence electrons. The smallest absolute Gasteiger partial charge is 0.483 e. The lowest BCUT2D eigenvalue weighted by atomic mass is 10.2. The summed E-state index contributed by atoms with van der Waals surface area (Å²) < 4.78 is 39.9. The number of nitrogens with one attached hydrogen (secondary N) is 1. The highest BCUT2D eigenvalue weighted by molar-refractivity contribution is 5.92. The Kier molecular flexibility index (Phi) is 3.77. The van der Waals surface area contributed by atoms with E-state index < -0.39 is 12.2 Å². The molecule has 5 nitrogen and oxygen atoms in total. The molecule has 3 rings (SSSR count). The highest BCUT2D eigenvalue weighted by Gasteiger charge is 2.43. The maximum absolute atomic E-state index is 12.9. The number of alkyl halides is 2. The number of amides is 1. The monoisotopic (exact) mass is 321 g/mol. The van der Waals surface area contributed by atoms with Gasteiger partial charge in [0.25, 0.3) is 5.91 Å². The van der Waals surface area contributed by atoms with Gasteiger partial charge in [0.15, 0.2) is 18.1 Å². The lowest BCUT2D eigenvalue weighted by Gasteiger charge is -2.09. The van der Waals surface area contributed by atoms with Crippen LogP contribution >= 0.6 is 0 Å².